The Morgan fingerprint density at radius 3 is 2.71 bits per heavy atom. The van der Waals surface area contributed by atoms with Crippen LogP contribution < -0.4 is 17.0 Å². The summed E-state index contributed by atoms with van der Waals surface area (Å²) in [7, 11) is 1.43. The number of nitrogens with two attached hydrogens (primary N) is 1. The van der Waals surface area contributed by atoms with Gasteiger partial charge in [0.15, 0.2) is 11.2 Å². The van der Waals surface area contributed by atoms with Gasteiger partial charge >= 0.3 is 11.7 Å². The van der Waals surface area contributed by atoms with Crippen LogP contribution in [0.4, 0.5) is 0 Å². The Morgan fingerprint density at radius 1 is 1.47 bits per heavy atom. The average molecular weight is 260 g/mol. The van der Waals surface area contributed by atoms with Crippen LogP contribution in [0.25, 0.3) is 11.2 Å². The van der Waals surface area contributed by atoms with Crippen LogP contribution in [0.2, 0.25) is 0 Å². The first kappa shape index (κ1) is 11.7. The molecule has 2 rings (SSSR count). The molecule has 3 N–H and O–H groups in total. The molecule has 0 spiro atoms. The zero-order valence-electron chi connectivity index (χ0n) is 8.92. The SMILES string of the molecule is Cn1c(=O)n(CCN)c(=O)c2c1nc(O)n2Cl. The van der Waals surface area contributed by atoms with Crippen molar-refractivity contribution in [1.29, 1.82) is 0 Å². The smallest absolute Gasteiger partial charge is 0.332 e. The number of hydrogen-bond acceptors (Lipinski definition) is 5. The molecular formula is C8H10ClN5O3. The highest BCUT2D eigenvalue weighted by atomic mass is 35.5. The van der Waals surface area contributed by atoms with E-state index >= 15 is 0 Å². The predicted octanol–water partition coefficient (Wildman–Crippen LogP) is -1.44. The molecule has 0 bridgehead atoms. The van der Waals surface area contributed by atoms with Gasteiger partial charge in [0.05, 0.1) is 0 Å². The van der Waals surface area contributed by atoms with Gasteiger partial charge in [-0.05, 0) is 0 Å². The third-order valence-electron chi connectivity index (χ3n) is 2.43. The Kier molecular flexibility index (Phi) is 2.68. The number of rotatable bonds is 2. The van der Waals surface area contributed by atoms with E-state index in [1.54, 1.807) is 0 Å². The van der Waals surface area contributed by atoms with Gasteiger partial charge in [-0.25, -0.2) is 4.79 Å². The Morgan fingerprint density at radius 2 is 2.12 bits per heavy atom. The second kappa shape index (κ2) is 3.90. The fourth-order valence-electron chi connectivity index (χ4n) is 1.61. The molecule has 2 aromatic heterocycles. The van der Waals surface area contributed by atoms with E-state index in [2.05, 4.69) is 4.98 Å². The molecule has 0 radical (unpaired) electrons. The molecule has 0 saturated carbocycles. The van der Waals surface area contributed by atoms with E-state index in [1.807, 2.05) is 0 Å². The van der Waals surface area contributed by atoms with Crippen LogP contribution in [-0.2, 0) is 13.6 Å². The van der Waals surface area contributed by atoms with Crippen molar-refractivity contribution in [2.24, 2.45) is 12.8 Å². The van der Waals surface area contributed by atoms with E-state index in [0.717, 1.165) is 9.13 Å². The van der Waals surface area contributed by atoms with Crippen LogP contribution in [0, 0.1) is 0 Å². The van der Waals surface area contributed by atoms with Gasteiger partial charge in [-0.15, -0.1) is 0 Å². The summed E-state index contributed by atoms with van der Waals surface area (Å²) in [6, 6.07) is -0.542. The van der Waals surface area contributed by atoms with Crippen molar-refractivity contribution in [3.8, 4) is 6.01 Å². The van der Waals surface area contributed by atoms with E-state index < -0.39 is 17.3 Å². The first-order valence-corrected chi connectivity index (χ1v) is 5.10. The third-order valence-corrected chi connectivity index (χ3v) is 2.75. The number of fused-ring (bicyclic) bond motifs is 1. The predicted molar refractivity (Wildman–Crippen MR) is 61.2 cm³/mol. The van der Waals surface area contributed by atoms with Gasteiger partial charge in [-0.2, -0.15) is 9.07 Å². The van der Waals surface area contributed by atoms with E-state index in [-0.39, 0.29) is 24.3 Å². The lowest BCUT2D eigenvalue weighted by Crippen LogP contribution is -2.40. The molecule has 17 heavy (non-hydrogen) atoms. The van der Waals surface area contributed by atoms with Crippen molar-refractivity contribution < 1.29 is 5.11 Å². The number of aromatic hydroxyl groups is 1. The lowest BCUT2D eigenvalue weighted by Gasteiger charge is -2.05. The minimum absolute atomic E-state index is 0.0285. The molecule has 0 amide bonds. The topological polar surface area (TPSA) is 108 Å². The van der Waals surface area contributed by atoms with Crippen molar-refractivity contribution >= 4 is 22.9 Å². The van der Waals surface area contributed by atoms with Crippen LogP contribution in [0.15, 0.2) is 9.59 Å². The summed E-state index contributed by atoms with van der Waals surface area (Å²) in [4.78, 5) is 27.4. The van der Waals surface area contributed by atoms with Gasteiger partial charge in [0.25, 0.3) is 5.56 Å². The van der Waals surface area contributed by atoms with E-state index in [0.29, 0.717) is 4.09 Å². The number of aryl methyl sites for hydroxylation is 1. The Balaban J connectivity index is 3.01. The minimum Gasteiger partial charge on any atom is -0.479 e. The standard InChI is InChI=1S/C8H10ClN5O3/c1-12-5-4(14(9)7(16)11-5)6(15)13(3-2-10)8(12)17/h2-3,10H2,1H3,(H,11,16). The molecule has 92 valence electrons. The van der Waals surface area contributed by atoms with Gasteiger partial charge in [-0.1, -0.05) is 0 Å². The monoisotopic (exact) mass is 259 g/mol. The largest absolute Gasteiger partial charge is 0.479 e. The molecule has 0 aromatic carbocycles. The molecule has 0 saturated heterocycles. The number of halogens is 1. The Labute approximate surface area is 99.6 Å². The molecule has 0 fully saturated rings. The quantitative estimate of drug-likeness (QED) is 0.687. The number of imidazole rings is 1. The highest BCUT2D eigenvalue weighted by Crippen LogP contribution is 2.16. The van der Waals surface area contributed by atoms with Gasteiger partial charge in [0.2, 0.25) is 0 Å². The first-order valence-electron chi connectivity index (χ1n) is 4.76. The summed E-state index contributed by atoms with van der Waals surface area (Å²) < 4.78 is 2.79. The summed E-state index contributed by atoms with van der Waals surface area (Å²) in [6.45, 7) is 0.216. The summed E-state index contributed by atoms with van der Waals surface area (Å²) >= 11 is 5.69. The number of hydrogen-bond donors (Lipinski definition) is 2. The normalized spacial score (nSPS) is 11.2. The van der Waals surface area contributed by atoms with Crippen molar-refractivity contribution in [3.63, 3.8) is 0 Å². The van der Waals surface area contributed by atoms with Crippen molar-refractivity contribution in [3.05, 3.63) is 20.8 Å². The minimum atomic E-state index is -0.628. The van der Waals surface area contributed by atoms with Crippen LogP contribution in [-0.4, -0.2) is 29.9 Å². The fraction of sp³-hybridized carbons (Fsp3) is 0.375. The summed E-state index contributed by atoms with van der Waals surface area (Å²) in [5.74, 6) is 0. The highest BCUT2D eigenvalue weighted by molar-refractivity contribution is 6.19. The second-order valence-electron chi connectivity index (χ2n) is 3.45. The zero-order valence-corrected chi connectivity index (χ0v) is 9.68. The zero-order chi connectivity index (χ0) is 12.7. The first-order chi connectivity index (χ1) is 7.99. The highest BCUT2D eigenvalue weighted by Gasteiger charge is 2.18. The van der Waals surface area contributed by atoms with Crippen LogP contribution >= 0.6 is 11.8 Å². The molecule has 0 unspecified atom stereocenters. The van der Waals surface area contributed by atoms with Crippen LogP contribution in [0.3, 0.4) is 0 Å². The molecule has 0 aliphatic carbocycles. The maximum Gasteiger partial charge on any atom is 0.332 e. The lowest BCUT2D eigenvalue weighted by atomic mass is 10.5. The summed E-state index contributed by atoms with van der Waals surface area (Å²) in [6.07, 6.45) is 0. The van der Waals surface area contributed by atoms with Crippen molar-refractivity contribution in [2.45, 2.75) is 6.54 Å². The molecule has 8 nitrogen and oxygen atoms in total. The van der Waals surface area contributed by atoms with Crippen LogP contribution in [0.5, 0.6) is 6.01 Å². The molecule has 2 aromatic rings. The molecule has 9 heteroatoms. The Hall–Kier alpha value is -1.80. The van der Waals surface area contributed by atoms with Crippen molar-refractivity contribution in [1.82, 2.24) is 18.2 Å². The van der Waals surface area contributed by atoms with Gasteiger partial charge < -0.3 is 10.8 Å². The Bertz CT molecular complexity index is 698. The second-order valence-corrected chi connectivity index (χ2v) is 3.79. The molecule has 0 atom stereocenters. The average Bonchev–Trinajstić information content (AvgIpc) is 2.59. The van der Waals surface area contributed by atoms with E-state index in [1.165, 1.54) is 7.05 Å². The molecule has 2 heterocycles. The number of nitrogens with zero attached hydrogens (tertiary/aromatic N) is 4. The van der Waals surface area contributed by atoms with Gasteiger partial charge in [-0.3, -0.25) is 13.9 Å². The summed E-state index contributed by atoms with van der Waals surface area (Å²) in [5.41, 5.74) is 4.11. The maximum atomic E-state index is 12.0. The number of aromatic nitrogens is 4. The fourth-order valence-corrected chi connectivity index (χ4v) is 1.79. The van der Waals surface area contributed by atoms with E-state index in [4.69, 9.17) is 17.5 Å². The molecule has 0 aliphatic rings. The van der Waals surface area contributed by atoms with Crippen LogP contribution in [0.1, 0.15) is 0 Å². The maximum absolute atomic E-state index is 12.0. The van der Waals surface area contributed by atoms with Gasteiger partial charge in [0.1, 0.15) is 0 Å². The van der Waals surface area contributed by atoms with E-state index in [9.17, 15) is 14.7 Å². The molecule has 0 aliphatic heterocycles. The lowest BCUT2D eigenvalue weighted by molar-refractivity contribution is 0.431. The molecular weight excluding hydrogens is 250 g/mol. The van der Waals surface area contributed by atoms with Gasteiger partial charge in [0, 0.05) is 31.9 Å². The van der Waals surface area contributed by atoms with Crippen molar-refractivity contribution in [2.75, 3.05) is 6.54 Å². The third kappa shape index (κ3) is 1.53. The summed E-state index contributed by atoms with van der Waals surface area (Å²) in [5, 5.41) is 9.34.